The van der Waals surface area contributed by atoms with Crippen LogP contribution in [0.3, 0.4) is 0 Å². The van der Waals surface area contributed by atoms with E-state index in [1.807, 2.05) is 6.11 Å². The lowest BCUT2D eigenvalue weighted by molar-refractivity contribution is -0.278. The molecule has 0 spiro atoms. The number of methoxy groups -OCH3 is 1. The van der Waals surface area contributed by atoms with Crippen LogP contribution in [0, 0.1) is 158 Å². The summed E-state index contributed by atoms with van der Waals surface area (Å²) in [7, 11) is 5.75. The number of H-pyrrole nitrogens is 3. The van der Waals surface area contributed by atoms with Crippen LogP contribution in [-0.4, -0.2) is 163 Å². The second-order valence-electron chi connectivity index (χ2n) is 50.7. The first-order valence-corrected chi connectivity index (χ1v) is 53.8. The summed E-state index contributed by atoms with van der Waals surface area (Å²) in [5.41, 5.74) is 15.1. The van der Waals surface area contributed by atoms with E-state index in [1.165, 1.54) is 59.1 Å². The van der Waals surface area contributed by atoms with Crippen LogP contribution in [0.1, 0.15) is 310 Å². The van der Waals surface area contributed by atoms with Crippen molar-refractivity contribution < 1.29 is 70.3 Å². The molecule has 29 nitrogen and oxygen atoms in total. The lowest BCUT2D eigenvalue weighted by atomic mass is 9.57. The van der Waals surface area contributed by atoms with E-state index < -0.39 is 30.3 Å². The number of likely N-dealkylation sites (N-methyl/N-ethyl adjacent to an activating group) is 1. The van der Waals surface area contributed by atoms with E-state index in [1.54, 1.807) is 20.6 Å². The molecule has 0 bridgehead atoms. The van der Waals surface area contributed by atoms with Crippen molar-refractivity contribution in [2.75, 3.05) is 74.4 Å². The number of hydrogen-bond donors (Lipinski definition) is 3. The fourth-order valence-electron chi connectivity index (χ4n) is 24.1. The van der Waals surface area contributed by atoms with Crippen LogP contribution >= 0.6 is 0 Å². The van der Waals surface area contributed by atoms with Gasteiger partial charge < -0.3 is 28.7 Å². The third-order valence-electron chi connectivity index (χ3n) is 31.1. The van der Waals surface area contributed by atoms with Gasteiger partial charge in [0, 0.05) is 49.8 Å². The molecule has 13 unspecified atom stereocenters. The van der Waals surface area contributed by atoms with Crippen LogP contribution in [0.4, 0.5) is 31.4 Å². The minimum Gasteiger partial charge on any atom is -0.467 e. The first-order chi connectivity index (χ1) is 69.3. The lowest BCUT2D eigenvalue weighted by Crippen LogP contribution is -2.42. The van der Waals surface area contributed by atoms with E-state index >= 15 is 0 Å². The number of rotatable bonds is 31. The van der Waals surface area contributed by atoms with Gasteiger partial charge in [-0.05, 0) is 285 Å². The number of benzene rings is 3. The summed E-state index contributed by atoms with van der Waals surface area (Å²) in [6.45, 7) is 94.5. The molecule has 148 heavy (non-hydrogen) atoms. The van der Waals surface area contributed by atoms with Gasteiger partial charge in [-0.15, -0.1) is 0 Å². The van der Waals surface area contributed by atoms with Gasteiger partial charge >= 0.3 is 24.2 Å². The predicted molar refractivity (Wildman–Crippen MR) is 589 cm³/mol. The molecule has 3 amide bonds. The first kappa shape index (κ1) is 117. The topological polar surface area (TPSA) is 283 Å². The number of esters is 1. The fraction of sp³-hybridized carbons (Fsp3) is 0.647. The Labute approximate surface area is 884 Å². The monoisotopic (exact) mass is 2040 g/mol. The second-order valence-corrected chi connectivity index (χ2v) is 50.7. The number of terminal acetylenes is 1. The summed E-state index contributed by atoms with van der Waals surface area (Å²) < 4.78 is 28.4. The molecule has 4 aliphatic rings. The average molecular weight is 2040 g/mol. The van der Waals surface area contributed by atoms with Gasteiger partial charge in [0.1, 0.15) is 29.6 Å². The van der Waals surface area contributed by atoms with Gasteiger partial charge in [0.15, 0.2) is 23.6 Å². The molecular formula is C119H177N15O14. The Morgan fingerprint density at radius 3 is 1.09 bits per heavy atom. The highest BCUT2D eigenvalue weighted by Crippen LogP contribution is 2.57. The minimum absolute atomic E-state index is 0. The molecular weight excluding hydrogens is 1860 g/mol. The first-order valence-electron chi connectivity index (χ1n) is 53.8. The Morgan fingerprint density at radius 1 is 0.473 bits per heavy atom. The van der Waals surface area contributed by atoms with Crippen molar-refractivity contribution in [3.8, 4) is 64.3 Å². The van der Waals surface area contributed by atoms with Crippen LogP contribution in [-0.2, 0) is 74.4 Å². The normalized spacial score (nSPS) is 21.0. The van der Waals surface area contributed by atoms with Crippen molar-refractivity contribution in [2.24, 2.45) is 105 Å². The van der Waals surface area contributed by atoms with Crippen LogP contribution < -0.4 is 14.2 Å². The zero-order chi connectivity index (χ0) is 109. The molecule has 13 rings (SSSR count). The highest BCUT2D eigenvalue weighted by molar-refractivity contribution is 5.86. The molecule has 3 N–H and O–H groups in total. The largest absolute Gasteiger partial charge is 0.467 e. The molecule has 13 atom stereocenters. The second kappa shape index (κ2) is 48.8. The van der Waals surface area contributed by atoms with E-state index in [2.05, 4.69) is 297 Å². The maximum Gasteiger partial charge on any atom is 0.416 e. The Bertz CT molecular complexity index is 6240. The van der Waals surface area contributed by atoms with Crippen LogP contribution in [0.2, 0.25) is 0 Å². The molecule has 0 radical (unpaired) electrons. The molecule has 3 aliphatic carbocycles. The number of aromatic amines is 3. The third-order valence-corrected chi connectivity index (χ3v) is 31.1. The number of ether oxygens (including phenoxy) is 4. The third kappa shape index (κ3) is 28.5. The Kier molecular flexibility index (Phi) is 38.6. The van der Waals surface area contributed by atoms with Crippen LogP contribution in [0.25, 0.3) is 65.6 Å². The molecule has 4 fully saturated rings. The van der Waals surface area contributed by atoms with Crippen LogP contribution in [0.5, 0.6) is 17.6 Å². The SMILES string of the molecule is [C-]#[N+]c1c(CC2C(CC(C)C)CC(C)CC2C(C)(C)C)c2nc(-c3cc(C)cc(C(C)(C)C)c3)[nH]n2c1OC(=O)N(C)CCOOC#C.[C-]#[N+]c1c(CC2C(CC(C)C)CC(C)CC2C(C)(C)C)c2nc(-c3cc(C)cc(C(C)(C)C)c3)[nH]n2c1OC(=O)N(CCOOC)CCOOC.[C-]#[N+]c1c(CC2C(CC(C)C)CC(C)CC2C(C)(C)C)c2nc(-c3cc(C)cc(C(C)(C)C)c3)[nH]n2c1OC(=O)N1CCCC1C(=O)OC.[HH].[HH]. The Balaban J connectivity index is 0.000000248. The summed E-state index contributed by atoms with van der Waals surface area (Å²) in [6.07, 6.45) is 18.6. The summed E-state index contributed by atoms with van der Waals surface area (Å²) >= 11 is 0. The summed E-state index contributed by atoms with van der Waals surface area (Å²) in [4.78, 5) is 114. The number of nitrogens with zero attached hydrogens (tertiary/aromatic N) is 12. The van der Waals surface area contributed by atoms with Crippen molar-refractivity contribution in [2.45, 2.75) is 320 Å². The van der Waals surface area contributed by atoms with Gasteiger partial charge in [0.05, 0.1) is 73.9 Å². The molecule has 7 heterocycles. The zero-order valence-electron chi connectivity index (χ0n) is 95.4. The smallest absolute Gasteiger partial charge is 0.416 e. The predicted octanol–water partition coefficient (Wildman–Crippen LogP) is 28.8. The van der Waals surface area contributed by atoms with Gasteiger partial charge in [-0.3, -0.25) is 25.1 Å². The van der Waals surface area contributed by atoms with E-state index in [-0.39, 0.29) is 92.4 Å². The number of hydrogen-bond acceptors (Lipinski definition) is 17. The molecule has 1 saturated heterocycles. The molecule has 9 aromatic rings. The van der Waals surface area contributed by atoms with Gasteiger partial charge in [0.2, 0.25) is 17.6 Å². The number of nitrogens with one attached hydrogen (secondary N) is 3. The number of amides is 3. The lowest BCUT2D eigenvalue weighted by Gasteiger charge is -2.48. The van der Waals surface area contributed by atoms with Gasteiger partial charge in [-0.2, -0.15) is 4.89 Å². The van der Waals surface area contributed by atoms with E-state index in [0.29, 0.717) is 179 Å². The van der Waals surface area contributed by atoms with Crippen LogP contribution in [0.15, 0.2) is 54.6 Å². The maximum atomic E-state index is 13.8. The van der Waals surface area contributed by atoms with Gasteiger partial charge in [-0.1, -0.05) is 228 Å². The summed E-state index contributed by atoms with van der Waals surface area (Å²) in [6, 6.07) is 18.7. The Morgan fingerprint density at radius 2 is 0.797 bits per heavy atom. The molecule has 3 aromatic carbocycles. The highest BCUT2D eigenvalue weighted by Gasteiger charge is 2.49. The fourth-order valence-corrected chi connectivity index (χ4v) is 24.1. The number of aryl methyl sites for hydroxylation is 3. The van der Waals surface area contributed by atoms with Crippen molar-refractivity contribution in [3.05, 3.63) is 139 Å². The molecule has 6 aromatic heterocycles. The minimum atomic E-state index is -0.710. The quantitative estimate of drug-likeness (QED) is 0.00909. The summed E-state index contributed by atoms with van der Waals surface area (Å²) in [5.74, 6) is 9.37. The molecule has 29 heteroatoms. The van der Waals surface area contributed by atoms with Gasteiger partial charge in [-0.25, -0.2) is 81.8 Å². The number of carbonyl (C=O) groups excluding carboxylic acids is 4. The number of aromatic nitrogens is 9. The summed E-state index contributed by atoms with van der Waals surface area (Å²) in [5, 5.41) is 10.3. The highest BCUT2D eigenvalue weighted by atomic mass is 17.2. The molecule has 1 aliphatic heterocycles. The van der Waals surface area contributed by atoms with E-state index in [0.717, 1.165) is 101 Å². The molecule has 812 valence electrons. The van der Waals surface area contributed by atoms with Gasteiger partial charge in [0.25, 0.3) is 17.1 Å². The number of fused-ring (bicyclic) bond motifs is 3. The van der Waals surface area contributed by atoms with E-state index in [4.69, 9.17) is 84.5 Å². The number of likely N-dealkylation sites (tertiary alicyclic amines) is 1. The average Bonchev–Trinajstić information content (AvgIpc) is 1.66. The van der Waals surface area contributed by atoms with Crippen molar-refractivity contribution in [3.63, 3.8) is 0 Å². The number of carbonyl (C=O) groups is 4. The van der Waals surface area contributed by atoms with Crippen molar-refractivity contribution >= 4 is 58.3 Å². The zero-order valence-corrected chi connectivity index (χ0v) is 95.4. The Hall–Kier alpha value is -11.2. The van der Waals surface area contributed by atoms with E-state index in [9.17, 15) is 19.2 Å². The van der Waals surface area contributed by atoms with Crippen molar-refractivity contribution in [1.82, 2.24) is 58.5 Å². The maximum absolute atomic E-state index is 13.8. The molecule has 3 saturated carbocycles. The standard InChI is InChI=1S/C40H61N5O6.C40H57N5O4.C39H55N5O4.2H2/c1-25(2)18-28-19-27(4)22-33(40(8,9)10)31(28)24-32-34(41-11)37(51-38(46)44(14-16-49-47-12)15-17-50-48-13)45-36(32)42-35(43-45)29-20-26(3)21-30(23-29)39(5,6)7;1-23(2)16-26-17-25(4)20-31(40(8,9)10)29(26)22-30-33(41-11)36(49-38(47)44-15-13-14-32(44)37(46)48-12)45-35(30)42-34(43-45)27-18-24(3)19-28(21-27)39(5,6)7;1-14-46-47-16-15-43(13)37(45)48-36-33(40-12)31(23-30-27(17-24(2)3)18-26(5)21-32(30)39(9,10)11)35-41-34(42-44(35)36)28-19-25(4)20-29(22-28)38(6,7)8;;/h20-21,23,25,27-28,31,33H,14-19,22,24H2,1-10,12-13H3,(H,42,43);18-19,21,23,25-26,29,31-32H,13-17,20,22H2,1-10,12H3,(H,42,43);1,19-20,22,24,26-27,30,32H,15-18,21,23H2,2-11,13H3,(H,41,42);2*1H. The van der Waals surface area contributed by atoms with Crippen molar-refractivity contribution in [1.29, 1.82) is 0 Å².